The van der Waals surface area contributed by atoms with Gasteiger partial charge in [0.25, 0.3) is 0 Å². The van der Waals surface area contributed by atoms with Crippen molar-refractivity contribution in [3.8, 4) is 0 Å². The summed E-state index contributed by atoms with van der Waals surface area (Å²) in [4.78, 5) is 0. The molecule has 0 spiro atoms. The summed E-state index contributed by atoms with van der Waals surface area (Å²) in [6.45, 7) is 8.85. The van der Waals surface area contributed by atoms with E-state index in [4.69, 9.17) is 16.3 Å². The highest BCUT2D eigenvalue weighted by Gasteiger charge is 2.27. The minimum Gasteiger partial charge on any atom is -0.375 e. The van der Waals surface area contributed by atoms with E-state index in [1.165, 1.54) is 5.56 Å². The summed E-state index contributed by atoms with van der Waals surface area (Å²) in [7, 11) is 0. The van der Waals surface area contributed by atoms with Crippen molar-refractivity contribution in [2.24, 2.45) is 5.92 Å². The van der Waals surface area contributed by atoms with Crippen molar-refractivity contribution in [2.75, 3.05) is 0 Å². The molecule has 20 heavy (non-hydrogen) atoms. The second-order valence-corrected chi connectivity index (χ2v) is 6.80. The summed E-state index contributed by atoms with van der Waals surface area (Å²) in [6, 6.07) is 9.11. The van der Waals surface area contributed by atoms with Crippen LogP contribution in [0.15, 0.2) is 24.3 Å². The van der Waals surface area contributed by atoms with Gasteiger partial charge < -0.3 is 10.1 Å². The number of rotatable bonds is 4. The van der Waals surface area contributed by atoms with Crippen molar-refractivity contribution in [2.45, 2.75) is 64.8 Å². The Hall–Kier alpha value is -0.570. The molecule has 0 saturated carbocycles. The Kier molecular flexibility index (Phi) is 5.48. The van der Waals surface area contributed by atoms with Crippen LogP contribution < -0.4 is 5.32 Å². The van der Waals surface area contributed by atoms with Crippen molar-refractivity contribution in [1.82, 2.24) is 5.32 Å². The minimum atomic E-state index is 0.342. The number of ether oxygens (including phenoxy) is 1. The highest BCUT2D eigenvalue weighted by Crippen LogP contribution is 2.27. The summed E-state index contributed by atoms with van der Waals surface area (Å²) >= 11 is 5.99. The van der Waals surface area contributed by atoms with Crippen LogP contribution in [0.1, 0.15) is 52.1 Å². The molecule has 0 amide bonds. The highest BCUT2D eigenvalue weighted by atomic mass is 35.5. The molecule has 0 radical (unpaired) electrons. The highest BCUT2D eigenvalue weighted by molar-refractivity contribution is 6.30. The Morgan fingerprint density at radius 3 is 2.15 bits per heavy atom. The van der Waals surface area contributed by atoms with Gasteiger partial charge in [-0.15, -0.1) is 0 Å². The van der Waals surface area contributed by atoms with Gasteiger partial charge in [-0.2, -0.15) is 0 Å². The van der Waals surface area contributed by atoms with Gasteiger partial charge in [-0.05, 0) is 50.3 Å². The molecular formula is C17H26ClNO. The third-order valence-corrected chi connectivity index (χ3v) is 4.26. The third-order valence-electron chi connectivity index (χ3n) is 4.01. The fraction of sp³-hybridized carbons (Fsp3) is 0.647. The van der Waals surface area contributed by atoms with Gasteiger partial charge in [0.15, 0.2) is 0 Å². The van der Waals surface area contributed by atoms with E-state index in [0.29, 0.717) is 30.2 Å². The fourth-order valence-corrected chi connectivity index (χ4v) is 3.26. The molecule has 0 aromatic heterocycles. The Morgan fingerprint density at radius 1 is 1.10 bits per heavy atom. The van der Waals surface area contributed by atoms with E-state index in [0.717, 1.165) is 17.9 Å². The van der Waals surface area contributed by atoms with Crippen LogP contribution in [0.5, 0.6) is 0 Å². The summed E-state index contributed by atoms with van der Waals surface area (Å²) in [5, 5.41) is 4.62. The molecule has 1 aromatic carbocycles. The number of hydrogen-bond donors (Lipinski definition) is 1. The van der Waals surface area contributed by atoms with Crippen LogP contribution in [-0.2, 0) is 4.74 Å². The molecule has 2 nitrogen and oxygen atoms in total. The molecule has 1 saturated heterocycles. The zero-order valence-corrected chi connectivity index (χ0v) is 13.7. The average Bonchev–Trinajstić information content (AvgIpc) is 2.36. The SMILES string of the molecule is CC1CC(NC(c2ccc(Cl)cc2)C(C)C)CC(C)O1. The Bertz CT molecular complexity index is 408. The van der Waals surface area contributed by atoms with Gasteiger partial charge in [-0.3, -0.25) is 0 Å². The van der Waals surface area contributed by atoms with E-state index in [2.05, 4.69) is 45.1 Å². The van der Waals surface area contributed by atoms with Crippen molar-refractivity contribution >= 4 is 11.6 Å². The zero-order valence-electron chi connectivity index (χ0n) is 12.9. The van der Waals surface area contributed by atoms with E-state index in [9.17, 15) is 0 Å². The molecule has 1 aliphatic heterocycles. The summed E-state index contributed by atoms with van der Waals surface area (Å²) in [6.07, 6.45) is 2.85. The standard InChI is InChI=1S/C17H26ClNO/c1-11(2)17(14-5-7-15(18)8-6-14)19-16-9-12(3)20-13(4)10-16/h5-8,11-13,16-17,19H,9-10H2,1-4H3. The predicted molar refractivity (Wildman–Crippen MR) is 85.2 cm³/mol. The lowest BCUT2D eigenvalue weighted by Crippen LogP contribution is -2.43. The minimum absolute atomic E-state index is 0.342. The predicted octanol–water partition coefficient (Wildman–Crippen LogP) is 4.58. The van der Waals surface area contributed by atoms with E-state index in [1.807, 2.05) is 12.1 Å². The van der Waals surface area contributed by atoms with Gasteiger partial charge in [0.2, 0.25) is 0 Å². The largest absolute Gasteiger partial charge is 0.375 e. The Labute approximate surface area is 127 Å². The first-order valence-electron chi connectivity index (χ1n) is 7.62. The van der Waals surface area contributed by atoms with Crippen LogP contribution in [0.25, 0.3) is 0 Å². The fourth-order valence-electron chi connectivity index (χ4n) is 3.14. The van der Waals surface area contributed by atoms with Gasteiger partial charge in [0.05, 0.1) is 12.2 Å². The molecule has 0 bridgehead atoms. The summed E-state index contributed by atoms with van der Waals surface area (Å²) < 4.78 is 5.82. The van der Waals surface area contributed by atoms with Crippen molar-refractivity contribution in [3.05, 3.63) is 34.9 Å². The molecular weight excluding hydrogens is 270 g/mol. The molecule has 1 aromatic rings. The smallest absolute Gasteiger partial charge is 0.0565 e. The Balaban J connectivity index is 2.07. The maximum Gasteiger partial charge on any atom is 0.0565 e. The molecule has 1 aliphatic rings. The monoisotopic (exact) mass is 295 g/mol. The van der Waals surface area contributed by atoms with Crippen LogP contribution in [-0.4, -0.2) is 18.2 Å². The van der Waals surface area contributed by atoms with Crippen molar-refractivity contribution in [1.29, 1.82) is 0 Å². The summed E-state index contributed by atoms with van der Waals surface area (Å²) in [5.74, 6) is 0.546. The molecule has 1 fully saturated rings. The quantitative estimate of drug-likeness (QED) is 0.877. The molecule has 1 heterocycles. The van der Waals surface area contributed by atoms with Gasteiger partial charge in [0.1, 0.15) is 0 Å². The lowest BCUT2D eigenvalue weighted by molar-refractivity contribution is -0.0444. The maximum absolute atomic E-state index is 5.99. The first-order chi connectivity index (χ1) is 9.45. The van der Waals surface area contributed by atoms with Crippen LogP contribution in [0.2, 0.25) is 5.02 Å². The number of hydrogen-bond acceptors (Lipinski definition) is 2. The second kappa shape index (κ2) is 6.93. The molecule has 3 atom stereocenters. The lowest BCUT2D eigenvalue weighted by Gasteiger charge is -2.36. The molecule has 3 heteroatoms. The van der Waals surface area contributed by atoms with Crippen molar-refractivity contribution in [3.63, 3.8) is 0 Å². The maximum atomic E-state index is 5.99. The molecule has 112 valence electrons. The van der Waals surface area contributed by atoms with Gasteiger partial charge in [-0.1, -0.05) is 37.6 Å². The second-order valence-electron chi connectivity index (χ2n) is 6.37. The van der Waals surface area contributed by atoms with Gasteiger partial charge in [0, 0.05) is 17.1 Å². The lowest BCUT2D eigenvalue weighted by atomic mass is 9.92. The number of nitrogens with one attached hydrogen (secondary N) is 1. The number of benzene rings is 1. The van der Waals surface area contributed by atoms with Crippen LogP contribution in [0.3, 0.4) is 0 Å². The normalized spacial score (nSPS) is 28.6. The van der Waals surface area contributed by atoms with Crippen LogP contribution >= 0.6 is 11.6 Å². The average molecular weight is 296 g/mol. The first kappa shape index (κ1) is 15.8. The van der Waals surface area contributed by atoms with Crippen LogP contribution in [0, 0.1) is 5.92 Å². The van der Waals surface area contributed by atoms with Crippen LogP contribution in [0.4, 0.5) is 0 Å². The van der Waals surface area contributed by atoms with Gasteiger partial charge >= 0.3 is 0 Å². The van der Waals surface area contributed by atoms with E-state index in [1.54, 1.807) is 0 Å². The zero-order chi connectivity index (χ0) is 14.7. The first-order valence-corrected chi connectivity index (χ1v) is 8.00. The Morgan fingerprint density at radius 2 is 1.65 bits per heavy atom. The molecule has 2 rings (SSSR count). The number of halogens is 1. The van der Waals surface area contributed by atoms with E-state index >= 15 is 0 Å². The summed E-state index contributed by atoms with van der Waals surface area (Å²) in [5.41, 5.74) is 1.32. The third kappa shape index (κ3) is 4.21. The van der Waals surface area contributed by atoms with Gasteiger partial charge in [-0.25, -0.2) is 0 Å². The molecule has 1 N–H and O–H groups in total. The van der Waals surface area contributed by atoms with Crippen molar-refractivity contribution < 1.29 is 4.74 Å². The molecule has 3 unspecified atom stereocenters. The van der Waals surface area contributed by atoms with E-state index in [-0.39, 0.29) is 0 Å². The molecule has 0 aliphatic carbocycles. The topological polar surface area (TPSA) is 21.3 Å². The van der Waals surface area contributed by atoms with E-state index < -0.39 is 0 Å².